The Balaban J connectivity index is 1.19. The van der Waals surface area contributed by atoms with Gasteiger partial charge in [0.2, 0.25) is 0 Å². The van der Waals surface area contributed by atoms with Gasteiger partial charge in [-0.05, 0) is 42.7 Å². The summed E-state index contributed by atoms with van der Waals surface area (Å²) in [6.07, 6.45) is 4.21. The van der Waals surface area contributed by atoms with E-state index in [9.17, 15) is 14.4 Å². The molecule has 1 saturated carbocycles. The molecule has 2 fully saturated rings. The molecule has 3 heterocycles. The zero-order chi connectivity index (χ0) is 24.2. The number of rotatable bonds is 4. The maximum Gasteiger partial charge on any atom is 0.339 e. The second-order valence-corrected chi connectivity index (χ2v) is 9.69. The minimum atomic E-state index is -0.797. The third kappa shape index (κ3) is 3.86. The highest BCUT2D eigenvalue weighted by Gasteiger charge is 2.51. The normalized spacial score (nSPS) is 20.6. The van der Waals surface area contributed by atoms with Gasteiger partial charge in [0, 0.05) is 36.3 Å². The predicted octanol–water partition coefficient (Wildman–Crippen LogP) is 4.21. The fourth-order valence-electron chi connectivity index (χ4n) is 4.83. The Morgan fingerprint density at radius 3 is 2.63 bits per heavy atom. The smallest absolute Gasteiger partial charge is 0.339 e. The summed E-state index contributed by atoms with van der Waals surface area (Å²) < 4.78 is 5.75. The van der Waals surface area contributed by atoms with Crippen LogP contribution in [0.1, 0.15) is 56.0 Å². The number of hydrogen-bond acceptors (Lipinski definition) is 5. The second-order valence-electron chi connectivity index (χ2n) is 9.28. The molecule has 1 atom stereocenters. The topological polar surface area (TPSA) is 88.6 Å². The summed E-state index contributed by atoms with van der Waals surface area (Å²) in [5.41, 5.74) is 2.95. The van der Waals surface area contributed by atoms with Gasteiger partial charge in [-0.1, -0.05) is 41.9 Å². The van der Waals surface area contributed by atoms with Gasteiger partial charge in [-0.15, -0.1) is 0 Å². The Morgan fingerprint density at radius 1 is 1.09 bits per heavy atom. The van der Waals surface area contributed by atoms with E-state index >= 15 is 0 Å². The number of halogens is 1. The fourth-order valence-corrected chi connectivity index (χ4v) is 5.09. The summed E-state index contributed by atoms with van der Waals surface area (Å²) in [4.78, 5) is 43.8. The molecule has 2 aromatic carbocycles. The van der Waals surface area contributed by atoms with E-state index in [2.05, 4.69) is 10.3 Å². The lowest BCUT2D eigenvalue weighted by Crippen LogP contribution is -2.34. The number of pyridine rings is 1. The number of carbonyl (C=O) groups excluding carboxylic acids is 3. The van der Waals surface area contributed by atoms with Crippen LogP contribution in [0.15, 0.2) is 60.8 Å². The van der Waals surface area contributed by atoms with Crippen molar-refractivity contribution in [2.24, 2.45) is 0 Å². The Hall–Kier alpha value is -3.71. The van der Waals surface area contributed by atoms with Gasteiger partial charge in [0.25, 0.3) is 11.8 Å². The minimum Gasteiger partial charge on any atom is -0.449 e. The predicted molar refractivity (Wildman–Crippen MR) is 129 cm³/mol. The van der Waals surface area contributed by atoms with Crippen molar-refractivity contribution in [3.63, 3.8) is 0 Å². The SMILES string of the molecule is O=C(NC1CC1)c1ccc(-c2ccc(C(=O)N3CC[C@@]4(C3)OC(=O)c3ccccc34)c(Cl)c2)cn1. The molecular formula is C27H22ClN3O4. The van der Waals surface area contributed by atoms with E-state index in [0.29, 0.717) is 41.4 Å². The van der Waals surface area contributed by atoms with Crippen LogP contribution in [-0.2, 0) is 10.3 Å². The van der Waals surface area contributed by atoms with Gasteiger partial charge < -0.3 is 15.0 Å². The average Bonchev–Trinajstić information content (AvgIpc) is 3.52. The van der Waals surface area contributed by atoms with E-state index in [1.165, 1.54) is 0 Å². The van der Waals surface area contributed by atoms with E-state index in [0.717, 1.165) is 29.5 Å². The van der Waals surface area contributed by atoms with E-state index in [-0.39, 0.29) is 23.8 Å². The highest BCUT2D eigenvalue weighted by Crippen LogP contribution is 2.43. The molecule has 3 aromatic rings. The summed E-state index contributed by atoms with van der Waals surface area (Å²) in [5.74, 6) is -0.719. The monoisotopic (exact) mass is 487 g/mol. The number of aromatic nitrogens is 1. The van der Waals surface area contributed by atoms with Crippen LogP contribution in [0.4, 0.5) is 0 Å². The zero-order valence-corrected chi connectivity index (χ0v) is 19.5. The molecule has 0 radical (unpaired) electrons. The Labute approximate surface area is 207 Å². The maximum atomic E-state index is 13.3. The average molecular weight is 488 g/mol. The Kier molecular flexibility index (Phi) is 5.11. The van der Waals surface area contributed by atoms with Crippen LogP contribution in [0.2, 0.25) is 5.02 Å². The van der Waals surface area contributed by atoms with E-state index < -0.39 is 5.60 Å². The van der Waals surface area contributed by atoms with Crippen LogP contribution < -0.4 is 5.32 Å². The van der Waals surface area contributed by atoms with Crippen LogP contribution in [0.25, 0.3) is 11.1 Å². The van der Waals surface area contributed by atoms with Gasteiger partial charge in [0.15, 0.2) is 5.60 Å². The van der Waals surface area contributed by atoms with Crippen LogP contribution in [-0.4, -0.2) is 46.8 Å². The van der Waals surface area contributed by atoms with Crippen LogP contribution >= 0.6 is 11.6 Å². The van der Waals surface area contributed by atoms with E-state index in [1.54, 1.807) is 35.4 Å². The highest BCUT2D eigenvalue weighted by atomic mass is 35.5. The Morgan fingerprint density at radius 2 is 1.89 bits per heavy atom. The first-order valence-corrected chi connectivity index (χ1v) is 12.0. The minimum absolute atomic E-state index is 0.169. The molecule has 176 valence electrons. The molecule has 6 rings (SSSR count). The van der Waals surface area contributed by atoms with Crippen molar-refractivity contribution in [3.8, 4) is 11.1 Å². The molecule has 35 heavy (non-hydrogen) atoms. The molecule has 7 nitrogen and oxygen atoms in total. The van der Waals surface area contributed by atoms with Crippen molar-refractivity contribution in [3.05, 3.63) is 88.2 Å². The molecule has 2 amide bonds. The number of amides is 2. The lowest BCUT2D eigenvalue weighted by molar-refractivity contribution is -0.00306. The highest BCUT2D eigenvalue weighted by molar-refractivity contribution is 6.34. The van der Waals surface area contributed by atoms with Crippen molar-refractivity contribution in [1.29, 1.82) is 0 Å². The first-order valence-electron chi connectivity index (χ1n) is 11.6. The third-order valence-corrected chi connectivity index (χ3v) is 7.20. The third-order valence-electron chi connectivity index (χ3n) is 6.89. The van der Waals surface area contributed by atoms with Crippen LogP contribution in [0.5, 0.6) is 0 Å². The number of benzene rings is 2. The number of carbonyl (C=O) groups is 3. The summed E-state index contributed by atoms with van der Waals surface area (Å²) in [7, 11) is 0. The number of hydrogen-bond donors (Lipinski definition) is 1. The molecule has 0 bridgehead atoms. The van der Waals surface area contributed by atoms with Crippen molar-refractivity contribution in [1.82, 2.24) is 15.2 Å². The molecule has 1 aliphatic carbocycles. The molecular weight excluding hydrogens is 466 g/mol. The first-order chi connectivity index (χ1) is 16.9. The van der Waals surface area contributed by atoms with Gasteiger partial charge >= 0.3 is 5.97 Å². The first kappa shape index (κ1) is 21.8. The van der Waals surface area contributed by atoms with Crippen LogP contribution in [0.3, 0.4) is 0 Å². The lowest BCUT2D eigenvalue weighted by Gasteiger charge is -2.24. The number of fused-ring (bicyclic) bond motifs is 2. The molecule has 3 aliphatic rings. The van der Waals surface area contributed by atoms with Crippen molar-refractivity contribution >= 4 is 29.4 Å². The number of likely N-dealkylation sites (tertiary alicyclic amines) is 1. The van der Waals surface area contributed by atoms with Gasteiger partial charge in [-0.25, -0.2) is 4.79 Å². The second kappa shape index (κ2) is 8.20. The number of nitrogens with one attached hydrogen (secondary N) is 1. The molecule has 2 aliphatic heterocycles. The van der Waals surface area contributed by atoms with Gasteiger partial charge in [-0.3, -0.25) is 14.6 Å². The van der Waals surface area contributed by atoms with Crippen molar-refractivity contribution < 1.29 is 19.1 Å². The largest absolute Gasteiger partial charge is 0.449 e. The standard InChI is InChI=1S/C27H22ClN3O4/c28-22-13-16(17-6-10-23(29-14-17)24(32)30-18-7-8-18)5-9-20(22)25(33)31-12-11-27(15-31)21-4-2-1-3-19(21)26(34)35-27/h1-6,9-10,13-14,18H,7-8,11-12,15H2,(H,30,32)/t27-/m0/s1. The van der Waals surface area contributed by atoms with Crippen molar-refractivity contribution in [2.45, 2.75) is 30.9 Å². The quantitative estimate of drug-likeness (QED) is 0.557. The summed E-state index contributed by atoms with van der Waals surface area (Å²) in [6, 6.07) is 16.4. The number of esters is 1. The molecule has 1 aromatic heterocycles. The van der Waals surface area contributed by atoms with Gasteiger partial charge in [-0.2, -0.15) is 0 Å². The summed E-state index contributed by atoms with van der Waals surface area (Å²) >= 11 is 6.54. The summed E-state index contributed by atoms with van der Waals surface area (Å²) in [5, 5.41) is 3.25. The van der Waals surface area contributed by atoms with Crippen LogP contribution in [0, 0.1) is 0 Å². The van der Waals surface area contributed by atoms with Gasteiger partial charge in [0.05, 0.1) is 22.7 Å². The fraction of sp³-hybridized carbons (Fsp3) is 0.259. The molecule has 1 saturated heterocycles. The van der Waals surface area contributed by atoms with E-state index in [4.69, 9.17) is 16.3 Å². The molecule has 8 heteroatoms. The molecule has 0 unspecified atom stereocenters. The number of nitrogens with zero attached hydrogens (tertiary/aromatic N) is 2. The lowest BCUT2D eigenvalue weighted by atomic mass is 9.91. The maximum absolute atomic E-state index is 13.3. The molecule has 1 N–H and O–H groups in total. The summed E-state index contributed by atoms with van der Waals surface area (Å²) in [6.45, 7) is 0.758. The molecule has 1 spiro atoms. The van der Waals surface area contributed by atoms with Gasteiger partial charge in [0.1, 0.15) is 5.69 Å². The zero-order valence-electron chi connectivity index (χ0n) is 18.8. The Bertz CT molecular complexity index is 1370. The van der Waals surface area contributed by atoms with E-state index in [1.807, 2.05) is 30.3 Å². The number of ether oxygens (including phenoxy) is 1. The van der Waals surface area contributed by atoms with Crippen molar-refractivity contribution in [2.75, 3.05) is 13.1 Å².